The first kappa shape index (κ1) is 13.6. The third-order valence-electron chi connectivity index (χ3n) is 2.77. The van der Waals surface area contributed by atoms with Gasteiger partial charge in [0.05, 0.1) is 19.8 Å². The number of phenolic OH excluding ortho intramolecular Hbond substituents is 1. The molecule has 3 N–H and O–H groups in total. The Kier molecular flexibility index (Phi) is 5.10. The molecule has 0 radical (unpaired) electrons. The van der Waals surface area contributed by atoms with Crippen LogP contribution >= 0.6 is 0 Å². The number of hydrogen-bond acceptors (Lipinski definition) is 4. The zero-order chi connectivity index (χ0) is 12.8. The molecule has 17 heavy (non-hydrogen) atoms. The van der Waals surface area contributed by atoms with Crippen LogP contribution in [0, 0.1) is 0 Å². The first-order valence-electron chi connectivity index (χ1n) is 5.84. The van der Waals surface area contributed by atoms with E-state index in [1.165, 1.54) is 0 Å². The van der Waals surface area contributed by atoms with Gasteiger partial charge in [-0.25, -0.2) is 0 Å². The van der Waals surface area contributed by atoms with Crippen molar-refractivity contribution in [3.05, 3.63) is 17.7 Å². The van der Waals surface area contributed by atoms with Gasteiger partial charge in [-0.05, 0) is 6.42 Å². The average Bonchev–Trinajstić information content (AvgIpc) is 2.34. The van der Waals surface area contributed by atoms with Crippen LogP contribution in [0.5, 0.6) is 17.2 Å². The van der Waals surface area contributed by atoms with E-state index in [4.69, 9.17) is 15.2 Å². The van der Waals surface area contributed by atoms with Crippen LogP contribution < -0.4 is 15.2 Å². The third kappa shape index (κ3) is 3.27. The average molecular weight is 239 g/mol. The second-order valence-electron chi connectivity index (χ2n) is 4.01. The molecule has 0 fully saturated rings. The first-order chi connectivity index (χ1) is 8.13. The Morgan fingerprint density at radius 2 is 1.76 bits per heavy atom. The van der Waals surface area contributed by atoms with Gasteiger partial charge in [0.2, 0.25) is 0 Å². The summed E-state index contributed by atoms with van der Waals surface area (Å²) in [6, 6.07) is 2.98. The highest BCUT2D eigenvalue weighted by Gasteiger charge is 2.18. The van der Waals surface area contributed by atoms with Crippen LogP contribution in [0.1, 0.15) is 37.8 Å². The third-order valence-corrected chi connectivity index (χ3v) is 2.77. The molecule has 4 heteroatoms. The normalized spacial score (nSPS) is 12.2. The molecule has 0 bridgehead atoms. The summed E-state index contributed by atoms with van der Waals surface area (Å²) in [5.74, 6) is 1.26. The number of unbranched alkanes of at least 4 members (excludes halogenated alkanes) is 1. The standard InChI is InChI=1S/C13H21NO3/c1-4-5-6-10(14)13-11(16-2)7-9(15)8-12(13)17-3/h7-8,10,15H,4-6,14H2,1-3H3/t10-/m0/s1. The second kappa shape index (κ2) is 6.35. The molecular formula is C13H21NO3. The molecule has 1 rings (SSSR count). The molecule has 0 unspecified atom stereocenters. The predicted molar refractivity (Wildman–Crippen MR) is 67.7 cm³/mol. The Bertz CT molecular complexity index is 341. The Hall–Kier alpha value is -1.42. The number of rotatable bonds is 6. The highest BCUT2D eigenvalue weighted by Crippen LogP contribution is 2.38. The Morgan fingerprint density at radius 1 is 1.24 bits per heavy atom. The van der Waals surface area contributed by atoms with Gasteiger partial charge in [0, 0.05) is 18.2 Å². The summed E-state index contributed by atoms with van der Waals surface area (Å²) in [7, 11) is 3.12. The molecule has 0 heterocycles. The van der Waals surface area contributed by atoms with E-state index < -0.39 is 0 Å². The second-order valence-corrected chi connectivity index (χ2v) is 4.01. The van der Waals surface area contributed by atoms with Gasteiger partial charge in [-0.3, -0.25) is 0 Å². The summed E-state index contributed by atoms with van der Waals surface area (Å²) in [4.78, 5) is 0. The van der Waals surface area contributed by atoms with Crippen LogP contribution in [0.4, 0.5) is 0 Å². The lowest BCUT2D eigenvalue weighted by molar-refractivity contribution is 0.368. The minimum absolute atomic E-state index is 0.116. The van der Waals surface area contributed by atoms with Gasteiger partial charge >= 0.3 is 0 Å². The van der Waals surface area contributed by atoms with E-state index in [2.05, 4.69) is 6.92 Å². The van der Waals surface area contributed by atoms with Crippen molar-refractivity contribution in [2.24, 2.45) is 5.73 Å². The number of hydrogen-bond donors (Lipinski definition) is 2. The van der Waals surface area contributed by atoms with Gasteiger partial charge in [0.1, 0.15) is 17.2 Å². The molecule has 1 aromatic carbocycles. The number of phenols is 1. The van der Waals surface area contributed by atoms with E-state index in [0.717, 1.165) is 24.8 Å². The minimum Gasteiger partial charge on any atom is -0.508 e. The van der Waals surface area contributed by atoms with E-state index in [1.807, 2.05) is 0 Å². The molecule has 1 aromatic rings. The number of aromatic hydroxyl groups is 1. The van der Waals surface area contributed by atoms with Crippen molar-refractivity contribution in [1.29, 1.82) is 0 Å². The van der Waals surface area contributed by atoms with Gasteiger partial charge < -0.3 is 20.3 Å². The van der Waals surface area contributed by atoms with E-state index in [1.54, 1.807) is 26.4 Å². The van der Waals surface area contributed by atoms with Crippen molar-refractivity contribution in [1.82, 2.24) is 0 Å². The van der Waals surface area contributed by atoms with Crippen molar-refractivity contribution in [3.8, 4) is 17.2 Å². The monoisotopic (exact) mass is 239 g/mol. The maximum atomic E-state index is 9.54. The Labute approximate surface area is 102 Å². The Morgan fingerprint density at radius 3 is 2.18 bits per heavy atom. The summed E-state index contributed by atoms with van der Waals surface area (Å²) >= 11 is 0. The van der Waals surface area contributed by atoms with E-state index in [9.17, 15) is 5.11 Å². The smallest absolute Gasteiger partial charge is 0.131 e. The SMILES string of the molecule is CCCC[C@H](N)c1c(OC)cc(O)cc1OC. The van der Waals surface area contributed by atoms with Crippen LogP contribution in [0.2, 0.25) is 0 Å². The fourth-order valence-corrected chi connectivity index (χ4v) is 1.86. The lowest BCUT2D eigenvalue weighted by Crippen LogP contribution is -2.13. The number of ether oxygens (including phenoxy) is 2. The quantitative estimate of drug-likeness (QED) is 0.801. The molecular weight excluding hydrogens is 218 g/mol. The predicted octanol–water partition coefficient (Wildman–Crippen LogP) is 2.60. The summed E-state index contributed by atoms with van der Waals surface area (Å²) < 4.78 is 10.5. The maximum absolute atomic E-state index is 9.54. The zero-order valence-corrected chi connectivity index (χ0v) is 10.7. The lowest BCUT2D eigenvalue weighted by atomic mass is 9.99. The maximum Gasteiger partial charge on any atom is 0.131 e. The number of nitrogens with two attached hydrogens (primary N) is 1. The molecule has 0 aliphatic carbocycles. The van der Waals surface area contributed by atoms with Crippen molar-refractivity contribution in [2.75, 3.05) is 14.2 Å². The first-order valence-corrected chi connectivity index (χ1v) is 5.84. The molecule has 1 atom stereocenters. The molecule has 0 spiro atoms. The fourth-order valence-electron chi connectivity index (χ4n) is 1.86. The van der Waals surface area contributed by atoms with Gasteiger partial charge in [-0.1, -0.05) is 19.8 Å². The molecule has 4 nitrogen and oxygen atoms in total. The molecule has 0 aliphatic rings. The topological polar surface area (TPSA) is 64.7 Å². The molecule has 0 saturated carbocycles. The highest BCUT2D eigenvalue weighted by atomic mass is 16.5. The van der Waals surface area contributed by atoms with Gasteiger partial charge in [-0.2, -0.15) is 0 Å². The molecule has 0 amide bonds. The van der Waals surface area contributed by atoms with Crippen LogP contribution in [0.3, 0.4) is 0 Å². The Balaban J connectivity index is 3.09. The largest absolute Gasteiger partial charge is 0.508 e. The van der Waals surface area contributed by atoms with Gasteiger partial charge in [0.25, 0.3) is 0 Å². The van der Waals surface area contributed by atoms with Gasteiger partial charge in [-0.15, -0.1) is 0 Å². The van der Waals surface area contributed by atoms with E-state index >= 15 is 0 Å². The van der Waals surface area contributed by atoms with E-state index in [0.29, 0.717) is 11.5 Å². The van der Waals surface area contributed by atoms with Crippen molar-refractivity contribution in [3.63, 3.8) is 0 Å². The van der Waals surface area contributed by atoms with Crippen LogP contribution in [-0.4, -0.2) is 19.3 Å². The number of benzene rings is 1. The molecule has 96 valence electrons. The van der Waals surface area contributed by atoms with Crippen molar-refractivity contribution < 1.29 is 14.6 Å². The molecule has 0 saturated heterocycles. The van der Waals surface area contributed by atoms with Crippen LogP contribution in [0.25, 0.3) is 0 Å². The number of methoxy groups -OCH3 is 2. The summed E-state index contributed by atoms with van der Waals surface area (Å²) in [5.41, 5.74) is 6.96. The summed E-state index contributed by atoms with van der Waals surface area (Å²) in [6.45, 7) is 2.12. The van der Waals surface area contributed by atoms with Crippen molar-refractivity contribution >= 4 is 0 Å². The van der Waals surface area contributed by atoms with Crippen molar-refractivity contribution in [2.45, 2.75) is 32.2 Å². The van der Waals surface area contributed by atoms with Crippen LogP contribution in [-0.2, 0) is 0 Å². The minimum atomic E-state index is -0.138. The summed E-state index contributed by atoms with van der Waals surface area (Å²) in [5, 5.41) is 9.54. The fraction of sp³-hybridized carbons (Fsp3) is 0.538. The lowest BCUT2D eigenvalue weighted by Gasteiger charge is -2.19. The van der Waals surface area contributed by atoms with Gasteiger partial charge in [0.15, 0.2) is 0 Å². The van der Waals surface area contributed by atoms with Crippen LogP contribution in [0.15, 0.2) is 12.1 Å². The molecule has 0 aliphatic heterocycles. The summed E-state index contributed by atoms with van der Waals surface area (Å²) in [6.07, 6.45) is 3.01. The highest BCUT2D eigenvalue weighted by molar-refractivity contribution is 5.51. The molecule has 0 aromatic heterocycles. The van der Waals surface area contributed by atoms with E-state index in [-0.39, 0.29) is 11.8 Å². The zero-order valence-electron chi connectivity index (χ0n) is 10.7.